The molecule has 90 valence electrons. The Bertz CT molecular complexity index is 535. The van der Waals surface area contributed by atoms with Gasteiger partial charge in [0.1, 0.15) is 0 Å². The minimum atomic E-state index is -3.64. The van der Waals surface area contributed by atoms with Gasteiger partial charge in [0.2, 0.25) is 16.2 Å². The van der Waals surface area contributed by atoms with E-state index in [-0.39, 0.29) is 0 Å². The number of nitrogens with one attached hydrogen (secondary N) is 1. The molecular weight excluding hydrogens is 230 g/mol. The zero-order valence-electron chi connectivity index (χ0n) is 9.47. The number of nitrogens with two attached hydrogens (primary N) is 1. The summed E-state index contributed by atoms with van der Waals surface area (Å²) in [6.45, 7) is 4.88. The van der Waals surface area contributed by atoms with Crippen LogP contribution >= 0.6 is 0 Å². The van der Waals surface area contributed by atoms with Gasteiger partial charge in [-0.1, -0.05) is 6.92 Å². The molecule has 1 heterocycles. The predicted molar refractivity (Wildman–Crippen MR) is 59.9 cm³/mol. The number of aromatic amines is 1. The Hall–Kier alpha value is -1.21. The molecule has 0 spiro atoms. The molecule has 1 aromatic rings. The molecule has 6 nitrogen and oxygen atoms in total. The van der Waals surface area contributed by atoms with E-state index in [2.05, 4.69) is 4.98 Å². The number of rotatable bonds is 3. The van der Waals surface area contributed by atoms with Gasteiger partial charge in [0.05, 0.1) is 27.5 Å². The molecule has 0 radical (unpaired) electrons. The zero-order chi connectivity index (χ0) is 12.5. The van der Waals surface area contributed by atoms with Crippen LogP contribution in [0.1, 0.15) is 31.2 Å². The Balaban J connectivity index is 3.16. The highest BCUT2D eigenvalue weighted by molar-refractivity contribution is 7.89. The molecule has 0 aliphatic heterocycles. The fourth-order valence-electron chi connectivity index (χ4n) is 1.40. The van der Waals surface area contributed by atoms with Gasteiger partial charge in [0.25, 0.3) is 5.69 Å². The Labute approximate surface area is 94.2 Å². The molecule has 0 aromatic carbocycles. The second kappa shape index (κ2) is 4.34. The quantitative estimate of drug-likeness (QED) is 0.735. The minimum absolute atomic E-state index is 0.354. The molecule has 0 saturated heterocycles. The normalized spacial score (nSPS) is 15.8. The van der Waals surface area contributed by atoms with Gasteiger partial charge in [-0.05, 0) is 13.8 Å². The fourth-order valence-corrected chi connectivity index (χ4v) is 2.10. The first-order valence-corrected chi connectivity index (χ1v) is 6.47. The van der Waals surface area contributed by atoms with Crippen molar-refractivity contribution in [3.63, 3.8) is 0 Å². The molecule has 2 atom stereocenters. The van der Waals surface area contributed by atoms with E-state index in [0.29, 0.717) is 15.8 Å². The van der Waals surface area contributed by atoms with E-state index in [1.165, 1.54) is 19.3 Å². The lowest BCUT2D eigenvalue weighted by molar-refractivity contribution is -0.507. The Morgan fingerprint density at radius 2 is 2.00 bits per heavy atom. The van der Waals surface area contributed by atoms with Crippen molar-refractivity contribution < 1.29 is 12.8 Å². The number of hydrogen-bond acceptors (Lipinski definition) is 3. The molecule has 7 heteroatoms. The van der Waals surface area contributed by atoms with E-state index in [1.807, 2.05) is 0 Å². The lowest BCUT2D eigenvalue weighted by Crippen LogP contribution is -2.35. The minimum Gasteiger partial charge on any atom is -0.355 e. The standard InChI is InChI=1S/C9H16N3O3S/c1-6-5-12(13)9(4-11-6)7(2)8(3)16(10,14)15/h4-5,7-8H,1-3H3,(H,11,13)(H2,10,14,15)/q+1/t7-,8-/m1/s1. The number of sulfonamides is 1. The van der Waals surface area contributed by atoms with Gasteiger partial charge in [0, 0.05) is 4.91 Å². The highest BCUT2D eigenvalue weighted by Crippen LogP contribution is 2.18. The molecule has 16 heavy (non-hydrogen) atoms. The monoisotopic (exact) mass is 246 g/mol. The summed E-state index contributed by atoms with van der Waals surface area (Å²) in [6.07, 6.45) is 2.87. The van der Waals surface area contributed by atoms with E-state index >= 15 is 0 Å². The number of nitrogens with zero attached hydrogens (tertiary/aromatic N) is 1. The molecule has 0 fully saturated rings. The van der Waals surface area contributed by atoms with Crippen molar-refractivity contribution in [2.24, 2.45) is 5.14 Å². The van der Waals surface area contributed by atoms with Crippen LogP contribution in [0.15, 0.2) is 12.4 Å². The van der Waals surface area contributed by atoms with Crippen molar-refractivity contribution in [2.45, 2.75) is 31.9 Å². The van der Waals surface area contributed by atoms with Crippen LogP contribution in [-0.4, -0.2) is 18.7 Å². The number of aryl methyl sites for hydroxylation is 1. The lowest BCUT2D eigenvalue weighted by atomic mass is 10.1. The van der Waals surface area contributed by atoms with E-state index < -0.39 is 21.2 Å². The van der Waals surface area contributed by atoms with Crippen LogP contribution in [0.4, 0.5) is 0 Å². The lowest BCUT2D eigenvalue weighted by Gasteiger charge is -2.12. The van der Waals surface area contributed by atoms with Gasteiger partial charge in [0.15, 0.2) is 0 Å². The highest BCUT2D eigenvalue weighted by Gasteiger charge is 2.30. The Kier molecular flexibility index (Phi) is 3.49. The van der Waals surface area contributed by atoms with Gasteiger partial charge in [-0.25, -0.2) is 13.6 Å². The van der Waals surface area contributed by atoms with Gasteiger partial charge >= 0.3 is 0 Å². The van der Waals surface area contributed by atoms with Crippen molar-refractivity contribution in [3.8, 4) is 0 Å². The zero-order valence-corrected chi connectivity index (χ0v) is 10.3. The summed E-state index contributed by atoms with van der Waals surface area (Å²) >= 11 is 0. The summed E-state index contributed by atoms with van der Waals surface area (Å²) in [5.74, 6) is -0.468. The molecule has 0 aliphatic rings. The summed E-state index contributed by atoms with van der Waals surface area (Å²) in [7, 11) is -3.64. The third-order valence-corrected chi connectivity index (χ3v) is 4.15. The van der Waals surface area contributed by atoms with Crippen LogP contribution in [0.3, 0.4) is 0 Å². The third-order valence-electron chi connectivity index (χ3n) is 2.70. The molecule has 3 N–H and O–H groups in total. The Morgan fingerprint density at radius 3 is 2.44 bits per heavy atom. The summed E-state index contributed by atoms with van der Waals surface area (Å²) in [4.78, 5) is 14.4. The van der Waals surface area contributed by atoms with Crippen LogP contribution < -0.4 is 9.57 Å². The molecule has 1 rings (SSSR count). The van der Waals surface area contributed by atoms with E-state index in [4.69, 9.17) is 5.14 Å². The number of primary sulfonamides is 1. The van der Waals surface area contributed by atoms with Crippen molar-refractivity contribution >= 4 is 10.0 Å². The summed E-state index contributed by atoms with van der Waals surface area (Å²) in [5, 5.41) is 4.25. The van der Waals surface area contributed by atoms with Crippen LogP contribution in [0.2, 0.25) is 0 Å². The SMILES string of the molecule is Cc1c[n+](=O)c([C@H](C)[C@@H](C)S(N)(=O)=O)c[nH]1. The number of hydrogen-bond donors (Lipinski definition) is 2. The summed E-state index contributed by atoms with van der Waals surface area (Å²) < 4.78 is 23.0. The van der Waals surface area contributed by atoms with Gasteiger partial charge in [-0.15, -0.1) is 0 Å². The maximum atomic E-state index is 11.6. The summed E-state index contributed by atoms with van der Waals surface area (Å²) in [6, 6.07) is 0. The maximum Gasteiger partial charge on any atom is 0.259 e. The van der Waals surface area contributed by atoms with Crippen LogP contribution in [0.25, 0.3) is 0 Å². The fraction of sp³-hybridized carbons (Fsp3) is 0.556. The van der Waals surface area contributed by atoms with Crippen LogP contribution in [0, 0.1) is 11.8 Å². The molecular formula is C9H16N3O3S+. The molecule has 0 aliphatic carbocycles. The predicted octanol–water partition coefficient (Wildman–Crippen LogP) is 0.0181. The van der Waals surface area contributed by atoms with Gasteiger partial charge in [-0.3, -0.25) is 0 Å². The topological polar surface area (TPSA) is 98.9 Å². The molecule has 0 saturated carbocycles. The first-order chi connectivity index (χ1) is 7.23. The molecule has 0 amide bonds. The maximum absolute atomic E-state index is 11.6. The first-order valence-electron chi connectivity index (χ1n) is 4.86. The van der Waals surface area contributed by atoms with Crippen molar-refractivity contribution in [2.75, 3.05) is 0 Å². The molecule has 1 aromatic heterocycles. The Morgan fingerprint density at radius 1 is 1.44 bits per heavy atom. The molecule has 0 bridgehead atoms. The van der Waals surface area contributed by atoms with Crippen molar-refractivity contribution in [1.82, 2.24) is 4.98 Å². The van der Waals surface area contributed by atoms with Gasteiger partial charge in [-0.2, -0.15) is 0 Å². The smallest absolute Gasteiger partial charge is 0.259 e. The van der Waals surface area contributed by atoms with Crippen molar-refractivity contribution in [3.05, 3.63) is 28.7 Å². The van der Waals surface area contributed by atoms with E-state index in [0.717, 1.165) is 0 Å². The van der Waals surface area contributed by atoms with E-state index in [1.54, 1.807) is 13.8 Å². The van der Waals surface area contributed by atoms with E-state index in [9.17, 15) is 13.3 Å². The van der Waals surface area contributed by atoms with Gasteiger partial charge < -0.3 is 4.98 Å². The second-order valence-electron chi connectivity index (χ2n) is 3.93. The second-order valence-corrected chi connectivity index (χ2v) is 5.86. The highest BCUT2D eigenvalue weighted by atomic mass is 32.2. The number of H-pyrrole nitrogens is 1. The van der Waals surface area contributed by atoms with Crippen LogP contribution in [-0.2, 0) is 10.0 Å². The first kappa shape index (κ1) is 12.9. The van der Waals surface area contributed by atoms with Crippen LogP contribution in [0.5, 0.6) is 0 Å². The van der Waals surface area contributed by atoms with Crippen molar-refractivity contribution in [1.29, 1.82) is 0 Å². The summed E-state index contributed by atoms with van der Waals surface area (Å²) in [5.41, 5.74) is 1.06. The third kappa shape index (κ3) is 2.67. The largest absolute Gasteiger partial charge is 0.355 e. The average Bonchev–Trinajstić information content (AvgIpc) is 2.14. The number of aromatic nitrogens is 2. The average molecular weight is 246 g/mol. The molecule has 0 unspecified atom stereocenters.